The summed E-state index contributed by atoms with van der Waals surface area (Å²) in [5.41, 5.74) is 6.92. The van der Waals surface area contributed by atoms with Crippen LogP contribution in [-0.2, 0) is 11.8 Å². The number of aryl methyl sites for hydroxylation is 1. The summed E-state index contributed by atoms with van der Waals surface area (Å²) in [5, 5.41) is 15.5. The van der Waals surface area contributed by atoms with Gasteiger partial charge in [0.2, 0.25) is 5.88 Å². The van der Waals surface area contributed by atoms with Crippen molar-refractivity contribution in [3.8, 4) is 17.1 Å². The number of anilines is 1. The van der Waals surface area contributed by atoms with Gasteiger partial charge >= 0.3 is 12.6 Å². The SMILES string of the molecule is CC(N)CNc1cc(-c2nn(C)c(OC(F)F)c2Cl)c(Cl)cc1Cl.CCC(=O)O. The molecule has 0 amide bonds. The van der Waals surface area contributed by atoms with Crippen LogP contribution in [0.4, 0.5) is 14.5 Å². The number of rotatable bonds is 7. The van der Waals surface area contributed by atoms with Crippen LogP contribution in [0.15, 0.2) is 12.1 Å². The third kappa shape index (κ3) is 7.50. The highest BCUT2D eigenvalue weighted by Gasteiger charge is 2.22. The first-order valence-corrected chi connectivity index (χ1v) is 9.49. The number of carboxylic acids is 1. The zero-order valence-electron chi connectivity index (χ0n) is 15.8. The maximum absolute atomic E-state index is 12.5. The van der Waals surface area contributed by atoms with Gasteiger partial charge in [-0.15, -0.1) is 0 Å². The molecule has 4 N–H and O–H groups in total. The van der Waals surface area contributed by atoms with Gasteiger partial charge in [0.25, 0.3) is 0 Å². The molecule has 0 radical (unpaired) electrons. The van der Waals surface area contributed by atoms with Crippen LogP contribution >= 0.6 is 34.8 Å². The number of carboxylic acid groups (broad SMARTS) is 1. The van der Waals surface area contributed by atoms with Crippen molar-refractivity contribution in [2.75, 3.05) is 11.9 Å². The highest BCUT2D eigenvalue weighted by Crippen LogP contribution is 2.41. The van der Waals surface area contributed by atoms with E-state index in [-0.39, 0.29) is 34.1 Å². The number of hydrogen-bond acceptors (Lipinski definition) is 5. The lowest BCUT2D eigenvalue weighted by atomic mass is 10.1. The van der Waals surface area contributed by atoms with E-state index in [0.29, 0.717) is 22.8 Å². The summed E-state index contributed by atoms with van der Waals surface area (Å²) in [6, 6.07) is 3.05. The third-order valence-corrected chi connectivity index (χ3v) is 4.34. The molecule has 162 valence electrons. The molecule has 0 aliphatic rings. The van der Waals surface area contributed by atoms with Gasteiger partial charge in [0.1, 0.15) is 10.7 Å². The highest BCUT2D eigenvalue weighted by molar-refractivity contribution is 6.39. The van der Waals surface area contributed by atoms with Crippen LogP contribution in [0.1, 0.15) is 20.3 Å². The van der Waals surface area contributed by atoms with Crippen molar-refractivity contribution in [2.45, 2.75) is 32.9 Å². The molecule has 1 unspecified atom stereocenters. The first-order chi connectivity index (χ1) is 13.5. The summed E-state index contributed by atoms with van der Waals surface area (Å²) in [6.45, 7) is 0.898. The summed E-state index contributed by atoms with van der Waals surface area (Å²) in [5.74, 6) is -0.997. The Labute approximate surface area is 181 Å². The summed E-state index contributed by atoms with van der Waals surface area (Å²) in [7, 11) is 1.44. The average molecular weight is 474 g/mol. The Balaban J connectivity index is 0.000000749. The summed E-state index contributed by atoms with van der Waals surface area (Å²) in [6.07, 6.45) is 0.222. The molecule has 2 aromatic rings. The molecular weight excluding hydrogens is 453 g/mol. The van der Waals surface area contributed by atoms with Crippen LogP contribution in [0, 0.1) is 0 Å². The Morgan fingerprint density at radius 3 is 2.41 bits per heavy atom. The van der Waals surface area contributed by atoms with E-state index in [1.807, 2.05) is 6.92 Å². The lowest BCUT2D eigenvalue weighted by molar-refractivity contribution is -0.136. The molecule has 0 aliphatic heterocycles. The molecule has 1 atom stereocenters. The predicted octanol–water partition coefficient (Wildman–Crippen LogP) is 4.89. The number of carbonyl (C=O) groups is 1. The number of nitrogens with two attached hydrogens (primary N) is 1. The number of nitrogens with one attached hydrogen (secondary N) is 1. The fourth-order valence-electron chi connectivity index (χ4n) is 2.00. The van der Waals surface area contributed by atoms with Crippen LogP contribution < -0.4 is 15.8 Å². The van der Waals surface area contributed by atoms with Gasteiger partial charge in [-0.3, -0.25) is 4.79 Å². The Bertz CT molecular complexity index is 848. The molecule has 1 aromatic heterocycles. The zero-order valence-corrected chi connectivity index (χ0v) is 18.1. The van der Waals surface area contributed by atoms with Crippen LogP contribution in [0.25, 0.3) is 11.3 Å². The molecule has 1 heterocycles. The van der Waals surface area contributed by atoms with E-state index in [1.54, 1.807) is 13.0 Å². The molecule has 0 aliphatic carbocycles. The monoisotopic (exact) mass is 472 g/mol. The van der Waals surface area contributed by atoms with Crippen LogP contribution in [0.5, 0.6) is 5.88 Å². The Morgan fingerprint density at radius 1 is 1.34 bits per heavy atom. The summed E-state index contributed by atoms with van der Waals surface area (Å²) in [4.78, 5) is 9.37. The largest absolute Gasteiger partial charge is 0.481 e. The molecule has 1 aromatic carbocycles. The van der Waals surface area contributed by atoms with Gasteiger partial charge in [-0.25, -0.2) is 4.68 Å². The quantitative estimate of drug-likeness (QED) is 0.529. The minimum Gasteiger partial charge on any atom is -0.481 e. The minimum absolute atomic E-state index is 0.0693. The molecule has 12 heteroatoms. The van der Waals surface area contributed by atoms with Gasteiger partial charge < -0.3 is 20.9 Å². The first kappa shape index (κ1) is 25.2. The molecule has 0 saturated carbocycles. The van der Waals surface area contributed by atoms with Gasteiger partial charge in [-0.1, -0.05) is 41.7 Å². The Hall–Kier alpha value is -1.81. The van der Waals surface area contributed by atoms with Crippen molar-refractivity contribution >= 4 is 46.5 Å². The normalized spacial score (nSPS) is 11.7. The van der Waals surface area contributed by atoms with E-state index >= 15 is 0 Å². The van der Waals surface area contributed by atoms with Crippen molar-refractivity contribution in [1.29, 1.82) is 0 Å². The molecule has 0 spiro atoms. The molecule has 0 bridgehead atoms. The van der Waals surface area contributed by atoms with Gasteiger partial charge in [0.15, 0.2) is 0 Å². The molecule has 0 saturated heterocycles. The number of alkyl halides is 2. The second-order valence-electron chi connectivity index (χ2n) is 5.89. The van der Waals surface area contributed by atoms with E-state index in [9.17, 15) is 13.6 Å². The van der Waals surface area contributed by atoms with Gasteiger partial charge in [0.05, 0.1) is 15.7 Å². The number of ether oxygens (including phenoxy) is 1. The van der Waals surface area contributed by atoms with Crippen molar-refractivity contribution in [1.82, 2.24) is 9.78 Å². The third-order valence-electron chi connectivity index (χ3n) is 3.37. The maximum atomic E-state index is 12.5. The van der Waals surface area contributed by atoms with Crippen LogP contribution in [-0.4, -0.2) is 40.1 Å². The van der Waals surface area contributed by atoms with Crippen molar-refractivity contribution in [2.24, 2.45) is 12.8 Å². The van der Waals surface area contributed by atoms with Crippen molar-refractivity contribution in [3.63, 3.8) is 0 Å². The van der Waals surface area contributed by atoms with E-state index < -0.39 is 12.6 Å². The number of hydrogen-bond donors (Lipinski definition) is 3. The number of aromatic nitrogens is 2. The van der Waals surface area contributed by atoms with E-state index in [0.717, 1.165) is 4.68 Å². The minimum atomic E-state index is -3.02. The van der Waals surface area contributed by atoms with Crippen molar-refractivity contribution < 1.29 is 23.4 Å². The van der Waals surface area contributed by atoms with Gasteiger partial charge in [-0.05, 0) is 19.1 Å². The average Bonchev–Trinajstić information content (AvgIpc) is 2.89. The summed E-state index contributed by atoms with van der Waals surface area (Å²) < 4.78 is 30.5. The van der Waals surface area contributed by atoms with E-state index in [1.165, 1.54) is 13.1 Å². The predicted molar refractivity (Wildman–Crippen MR) is 110 cm³/mol. The first-order valence-electron chi connectivity index (χ1n) is 8.35. The second kappa shape index (κ2) is 11.4. The topological polar surface area (TPSA) is 102 Å². The number of halogens is 5. The lowest BCUT2D eigenvalue weighted by Gasteiger charge is -2.13. The highest BCUT2D eigenvalue weighted by atomic mass is 35.5. The Morgan fingerprint density at radius 2 is 1.93 bits per heavy atom. The molecule has 0 fully saturated rings. The molecule has 29 heavy (non-hydrogen) atoms. The van der Waals surface area contributed by atoms with Crippen molar-refractivity contribution in [3.05, 3.63) is 27.2 Å². The molecule has 2 rings (SSSR count). The van der Waals surface area contributed by atoms with E-state index in [2.05, 4.69) is 15.2 Å². The fraction of sp³-hybridized carbons (Fsp3) is 0.412. The number of nitrogens with zero attached hydrogens (tertiary/aromatic N) is 2. The number of benzene rings is 1. The smallest absolute Gasteiger partial charge is 0.388 e. The number of aliphatic carboxylic acids is 1. The van der Waals surface area contributed by atoms with Gasteiger partial charge in [-0.2, -0.15) is 13.9 Å². The summed E-state index contributed by atoms with van der Waals surface area (Å²) >= 11 is 18.5. The standard InChI is InChI=1S/C14H15Cl3F2N4O.C3H6O2/c1-6(20)5-21-10-3-7(8(15)4-9(10)16)12-11(17)13(23(2)22-12)24-14(18)19;1-2-3(4)5/h3-4,6,14,21H,5,20H2,1-2H3;2H2,1H3,(H,4,5). The maximum Gasteiger partial charge on any atom is 0.388 e. The van der Waals surface area contributed by atoms with E-state index in [4.69, 9.17) is 45.6 Å². The lowest BCUT2D eigenvalue weighted by Crippen LogP contribution is -2.25. The van der Waals surface area contributed by atoms with Gasteiger partial charge in [0, 0.05) is 31.6 Å². The van der Waals surface area contributed by atoms with Crippen LogP contribution in [0.2, 0.25) is 15.1 Å². The fourth-order valence-corrected chi connectivity index (χ4v) is 2.85. The van der Waals surface area contributed by atoms with Crippen LogP contribution in [0.3, 0.4) is 0 Å². The molecular formula is C17H21Cl3F2N4O3. The second-order valence-corrected chi connectivity index (χ2v) is 7.08. The molecule has 7 nitrogen and oxygen atoms in total. The zero-order chi connectivity index (χ0) is 22.3. The Kier molecular flexibility index (Phi) is 9.91.